The number of hydrogen-bond donors (Lipinski definition) is 0. The van der Waals surface area contributed by atoms with Crippen LogP contribution in [0.1, 0.15) is 11.1 Å². The molecule has 1 heterocycles. The van der Waals surface area contributed by atoms with E-state index in [4.69, 9.17) is 0 Å². The summed E-state index contributed by atoms with van der Waals surface area (Å²) in [6.07, 6.45) is 0. The molecule has 0 N–H and O–H groups in total. The summed E-state index contributed by atoms with van der Waals surface area (Å²) < 4.78 is 0. The fourth-order valence-electron chi connectivity index (χ4n) is 7.56. The van der Waals surface area contributed by atoms with Crippen molar-refractivity contribution in [1.82, 2.24) is 0 Å². The Hall–Kier alpha value is -4.91. The van der Waals surface area contributed by atoms with Gasteiger partial charge in [-0.1, -0.05) is 142 Å². The third-order valence-corrected chi connectivity index (χ3v) is 9.64. The summed E-state index contributed by atoms with van der Waals surface area (Å²) >= 11 is 0. The molecule has 2 nitrogen and oxygen atoms in total. The van der Waals surface area contributed by atoms with Crippen LogP contribution in [0.3, 0.4) is 0 Å². The van der Waals surface area contributed by atoms with Crippen LogP contribution in [0.2, 0.25) is 0 Å². The summed E-state index contributed by atoms with van der Waals surface area (Å²) in [6.45, 7) is 1.45. The van der Waals surface area contributed by atoms with Gasteiger partial charge < -0.3 is 9.80 Å². The average molecular weight is 784 g/mol. The minimum Gasteiger partial charge on any atom is -0.379 e. The molecule has 0 aliphatic carbocycles. The summed E-state index contributed by atoms with van der Waals surface area (Å²) in [6, 6.07) is 56.7. The van der Waals surface area contributed by atoms with Gasteiger partial charge >= 0.3 is 21.1 Å². The molecule has 3 heteroatoms. The predicted octanol–water partition coefficient (Wildman–Crippen LogP) is 10.8. The number of benzene rings is 8. The molecule has 0 saturated heterocycles. The van der Waals surface area contributed by atoms with Crippen LogP contribution in [-0.4, -0.2) is 14.1 Å². The standard InChI is InChI=1S/C44H32N2.Pt/c1-45-27-29-23-33-21-19-32-12-4-6-14-36(32)44(33)40(25-29)38-16-8-10-18-42(38)46(2)28-30-24-34-22-20-31-11-3-5-13-35(31)43(34)39(26-30)37-15-7-9-17-41(37)45;/h3-24H,27-28H2,1-2H3;/q-2;+4. The summed E-state index contributed by atoms with van der Waals surface area (Å²) in [7, 11) is 4.41. The summed E-state index contributed by atoms with van der Waals surface area (Å²) in [5.41, 5.74) is 9.39. The molecule has 1 aliphatic rings. The van der Waals surface area contributed by atoms with Crippen LogP contribution in [-0.2, 0) is 34.2 Å². The number of rotatable bonds is 0. The van der Waals surface area contributed by atoms with Crippen molar-refractivity contribution in [2.45, 2.75) is 13.1 Å². The molecule has 0 aromatic heterocycles. The molecule has 9 rings (SSSR count). The summed E-state index contributed by atoms with van der Waals surface area (Å²) in [5.74, 6) is 0. The maximum absolute atomic E-state index is 3.96. The van der Waals surface area contributed by atoms with E-state index in [2.05, 4.69) is 169 Å². The third kappa shape index (κ3) is 4.91. The van der Waals surface area contributed by atoms with Crippen LogP contribution in [0.4, 0.5) is 11.4 Å². The largest absolute Gasteiger partial charge is 4.00 e. The van der Waals surface area contributed by atoms with Gasteiger partial charge in [0.15, 0.2) is 0 Å². The molecule has 0 saturated carbocycles. The molecule has 0 radical (unpaired) electrons. The Bertz CT molecular complexity index is 2310. The summed E-state index contributed by atoms with van der Waals surface area (Å²) in [4.78, 5) is 4.75. The Labute approximate surface area is 290 Å². The van der Waals surface area contributed by atoms with Crippen LogP contribution in [0.25, 0.3) is 65.3 Å². The number of para-hydroxylation sites is 2. The van der Waals surface area contributed by atoms with E-state index in [1.165, 1.54) is 65.6 Å². The molecule has 0 amide bonds. The van der Waals surface area contributed by atoms with Crippen LogP contribution < -0.4 is 9.80 Å². The molecule has 8 aromatic rings. The minimum atomic E-state index is 0. The number of nitrogens with zero attached hydrogens (tertiary/aromatic N) is 2. The molecule has 0 unspecified atom stereocenters. The van der Waals surface area contributed by atoms with Crippen molar-refractivity contribution in [1.29, 1.82) is 0 Å². The fourth-order valence-corrected chi connectivity index (χ4v) is 7.56. The predicted molar refractivity (Wildman–Crippen MR) is 196 cm³/mol. The number of hydrogen-bond acceptors (Lipinski definition) is 2. The zero-order valence-electron chi connectivity index (χ0n) is 26.3. The van der Waals surface area contributed by atoms with E-state index in [1.807, 2.05) is 0 Å². The Kier molecular flexibility index (Phi) is 7.35. The molecule has 8 aromatic carbocycles. The Morgan fingerprint density at radius 1 is 0.447 bits per heavy atom. The first-order valence-corrected chi connectivity index (χ1v) is 16.0. The molecule has 1 aliphatic heterocycles. The molecule has 4 bridgehead atoms. The first-order valence-electron chi connectivity index (χ1n) is 16.0. The Balaban J connectivity index is 0.00000324. The zero-order chi connectivity index (χ0) is 30.8. The van der Waals surface area contributed by atoms with E-state index in [1.54, 1.807) is 0 Å². The van der Waals surface area contributed by atoms with Crippen LogP contribution in [0.15, 0.2) is 133 Å². The van der Waals surface area contributed by atoms with Gasteiger partial charge in [0.05, 0.1) is 0 Å². The quantitative estimate of drug-likeness (QED) is 0.112. The second-order valence-electron chi connectivity index (χ2n) is 12.6. The Morgan fingerprint density at radius 2 is 0.830 bits per heavy atom. The molecule has 0 spiro atoms. The van der Waals surface area contributed by atoms with Crippen LogP contribution in [0.5, 0.6) is 0 Å². The average Bonchev–Trinajstić information content (AvgIpc) is 3.10. The van der Waals surface area contributed by atoms with Crippen molar-refractivity contribution in [2.75, 3.05) is 23.9 Å². The first kappa shape index (κ1) is 29.5. The van der Waals surface area contributed by atoms with E-state index in [9.17, 15) is 0 Å². The van der Waals surface area contributed by atoms with Crippen molar-refractivity contribution in [2.24, 2.45) is 0 Å². The van der Waals surface area contributed by atoms with Gasteiger partial charge in [-0.3, -0.25) is 0 Å². The first-order chi connectivity index (χ1) is 22.6. The molecular formula is C44H32N2Pt+2. The smallest absolute Gasteiger partial charge is 0.379 e. The second kappa shape index (κ2) is 11.7. The van der Waals surface area contributed by atoms with Gasteiger partial charge in [0.1, 0.15) is 0 Å². The van der Waals surface area contributed by atoms with Gasteiger partial charge in [-0.15, -0.1) is 57.3 Å². The van der Waals surface area contributed by atoms with Crippen LogP contribution in [0, 0.1) is 12.1 Å². The van der Waals surface area contributed by atoms with Crippen molar-refractivity contribution in [3.8, 4) is 22.3 Å². The van der Waals surface area contributed by atoms with Crippen LogP contribution >= 0.6 is 0 Å². The van der Waals surface area contributed by atoms with E-state index >= 15 is 0 Å². The Morgan fingerprint density at radius 3 is 1.30 bits per heavy atom. The van der Waals surface area contributed by atoms with Gasteiger partial charge in [-0.2, -0.15) is 0 Å². The maximum Gasteiger partial charge on any atom is 4.00 e. The fraction of sp³-hybridized carbons (Fsp3) is 0.0909. The van der Waals surface area contributed by atoms with Gasteiger partial charge in [0.25, 0.3) is 0 Å². The second-order valence-corrected chi connectivity index (χ2v) is 12.6. The van der Waals surface area contributed by atoms with Gasteiger partial charge in [0.2, 0.25) is 0 Å². The van der Waals surface area contributed by atoms with Crippen molar-refractivity contribution < 1.29 is 21.1 Å². The van der Waals surface area contributed by atoms with E-state index < -0.39 is 0 Å². The number of fused-ring (bicyclic) bond motifs is 16. The molecule has 0 fully saturated rings. The summed E-state index contributed by atoms with van der Waals surface area (Å²) in [5, 5.41) is 10.00. The normalized spacial score (nSPS) is 12.9. The molecule has 0 atom stereocenters. The van der Waals surface area contributed by atoms with Crippen molar-refractivity contribution in [3.05, 3.63) is 157 Å². The monoisotopic (exact) mass is 783 g/mol. The third-order valence-electron chi connectivity index (χ3n) is 9.64. The van der Waals surface area contributed by atoms with Crippen molar-refractivity contribution in [3.63, 3.8) is 0 Å². The minimum absolute atomic E-state index is 0. The van der Waals surface area contributed by atoms with Gasteiger partial charge in [0, 0.05) is 38.6 Å². The van der Waals surface area contributed by atoms with E-state index in [0.717, 1.165) is 35.3 Å². The van der Waals surface area contributed by atoms with Crippen molar-refractivity contribution >= 4 is 54.5 Å². The maximum atomic E-state index is 3.96. The SMILES string of the molecule is CN1Cc2[c-]c(c3c(ccc4ccccc43)c2)-c2ccccc2N(C)Cc2[c-]c(c3c(ccc4ccccc43)c2)-c2ccccc21.[Pt+4]. The van der Waals surface area contributed by atoms with E-state index in [-0.39, 0.29) is 21.1 Å². The molecule has 47 heavy (non-hydrogen) atoms. The van der Waals surface area contributed by atoms with Gasteiger partial charge in [-0.05, 0) is 22.9 Å². The topological polar surface area (TPSA) is 6.48 Å². The molecular weight excluding hydrogens is 752 g/mol. The van der Waals surface area contributed by atoms with E-state index in [0.29, 0.717) is 0 Å². The van der Waals surface area contributed by atoms with Gasteiger partial charge in [-0.25, -0.2) is 0 Å². The number of anilines is 2. The zero-order valence-corrected chi connectivity index (χ0v) is 28.6. The molecule has 226 valence electrons.